The van der Waals surface area contributed by atoms with Gasteiger partial charge in [0.25, 0.3) is 5.91 Å². The predicted octanol–water partition coefficient (Wildman–Crippen LogP) is 2.67. The molecule has 2 aromatic carbocycles. The number of halogens is 1. The first-order valence-corrected chi connectivity index (χ1v) is 13.5. The molecule has 3 atom stereocenters. The SMILES string of the molecule is CCS(=O)(=O)Nc1ccc2c(c1)C(=O)N(C)[C@H]1CC[C@@H](CC(=O)NCc3ccccc3F)O[C@H]1CO2. The molecule has 0 unspecified atom stereocenters. The Hall–Kier alpha value is -3.18. The first-order valence-electron chi connectivity index (χ1n) is 11.9. The summed E-state index contributed by atoms with van der Waals surface area (Å²) in [4.78, 5) is 27.3. The van der Waals surface area contributed by atoms with Crippen LogP contribution in [0.3, 0.4) is 0 Å². The number of carbonyl (C=O) groups is 2. The van der Waals surface area contributed by atoms with Crippen LogP contribution in [0.2, 0.25) is 0 Å². The second-order valence-electron chi connectivity index (χ2n) is 8.96. The number of hydrogen-bond donors (Lipinski definition) is 2. The molecule has 2 aliphatic rings. The Kier molecular flexibility index (Phi) is 7.79. The van der Waals surface area contributed by atoms with Crippen molar-refractivity contribution in [1.29, 1.82) is 0 Å². The molecule has 36 heavy (non-hydrogen) atoms. The number of sulfonamides is 1. The van der Waals surface area contributed by atoms with Crippen LogP contribution in [-0.4, -0.2) is 62.8 Å². The molecule has 2 N–H and O–H groups in total. The van der Waals surface area contributed by atoms with Crippen LogP contribution in [0.1, 0.15) is 42.1 Å². The summed E-state index contributed by atoms with van der Waals surface area (Å²) >= 11 is 0. The Balaban J connectivity index is 1.40. The molecule has 1 fully saturated rings. The molecule has 4 rings (SSSR count). The van der Waals surface area contributed by atoms with Gasteiger partial charge in [-0.05, 0) is 44.0 Å². The Morgan fingerprint density at radius 2 is 1.97 bits per heavy atom. The summed E-state index contributed by atoms with van der Waals surface area (Å²) in [6, 6.07) is 10.6. The van der Waals surface area contributed by atoms with Crippen LogP contribution in [0.25, 0.3) is 0 Å². The third kappa shape index (κ3) is 5.96. The Bertz CT molecular complexity index is 1240. The van der Waals surface area contributed by atoms with Crippen LogP contribution in [0.5, 0.6) is 5.75 Å². The van der Waals surface area contributed by atoms with E-state index in [1.807, 2.05) is 0 Å². The summed E-state index contributed by atoms with van der Waals surface area (Å²) in [5.41, 5.74) is 0.967. The molecule has 2 aliphatic heterocycles. The number of nitrogens with one attached hydrogen (secondary N) is 2. The van der Waals surface area contributed by atoms with Crippen LogP contribution in [0, 0.1) is 5.82 Å². The van der Waals surface area contributed by atoms with Crippen molar-refractivity contribution in [2.24, 2.45) is 0 Å². The average Bonchev–Trinajstić information content (AvgIpc) is 2.86. The van der Waals surface area contributed by atoms with E-state index in [9.17, 15) is 22.4 Å². The van der Waals surface area contributed by atoms with Crippen LogP contribution >= 0.6 is 0 Å². The van der Waals surface area contributed by atoms with E-state index < -0.39 is 16.1 Å². The number of likely N-dealkylation sites (N-methyl/N-ethyl adjacent to an activating group) is 1. The van der Waals surface area contributed by atoms with Gasteiger partial charge in [-0.2, -0.15) is 0 Å². The van der Waals surface area contributed by atoms with E-state index in [0.717, 1.165) is 0 Å². The third-order valence-corrected chi connectivity index (χ3v) is 7.82. The number of nitrogens with zero attached hydrogens (tertiary/aromatic N) is 1. The number of anilines is 1. The normalized spacial score (nSPS) is 21.9. The molecule has 0 bridgehead atoms. The number of ether oxygens (including phenoxy) is 2. The van der Waals surface area contributed by atoms with E-state index in [1.165, 1.54) is 19.1 Å². The molecule has 9 nitrogen and oxygen atoms in total. The molecule has 0 spiro atoms. The first kappa shape index (κ1) is 25.9. The highest BCUT2D eigenvalue weighted by atomic mass is 32.2. The number of carbonyl (C=O) groups excluding carboxylic acids is 2. The molecule has 11 heteroatoms. The number of benzene rings is 2. The minimum Gasteiger partial charge on any atom is -0.490 e. The van der Waals surface area contributed by atoms with Gasteiger partial charge in [0.2, 0.25) is 15.9 Å². The summed E-state index contributed by atoms with van der Waals surface area (Å²) in [7, 11) is -1.81. The Morgan fingerprint density at radius 1 is 1.19 bits per heavy atom. The van der Waals surface area contributed by atoms with Gasteiger partial charge in [0.1, 0.15) is 24.3 Å². The van der Waals surface area contributed by atoms with Crippen molar-refractivity contribution in [3.63, 3.8) is 0 Å². The molecular weight excluding hydrogens is 489 g/mol. The zero-order chi connectivity index (χ0) is 25.9. The van der Waals surface area contributed by atoms with E-state index in [1.54, 1.807) is 42.3 Å². The lowest BCUT2D eigenvalue weighted by atomic mass is 9.94. The zero-order valence-corrected chi connectivity index (χ0v) is 21.0. The molecule has 0 saturated carbocycles. The fourth-order valence-electron chi connectivity index (χ4n) is 4.46. The highest BCUT2D eigenvalue weighted by Crippen LogP contribution is 2.32. The van der Waals surface area contributed by atoms with Crippen molar-refractivity contribution in [2.45, 2.75) is 51.0 Å². The first-order chi connectivity index (χ1) is 17.2. The van der Waals surface area contributed by atoms with Crippen molar-refractivity contribution in [3.05, 3.63) is 59.4 Å². The molecule has 0 aromatic heterocycles. The van der Waals surface area contributed by atoms with Gasteiger partial charge in [0, 0.05) is 24.8 Å². The van der Waals surface area contributed by atoms with Crippen LogP contribution in [0.15, 0.2) is 42.5 Å². The van der Waals surface area contributed by atoms with Crippen molar-refractivity contribution in [2.75, 3.05) is 24.1 Å². The van der Waals surface area contributed by atoms with Gasteiger partial charge in [0.05, 0.1) is 29.9 Å². The molecule has 2 aromatic rings. The zero-order valence-electron chi connectivity index (χ0n) is 20.2. The van der Waals surface area contributed by atoms with E-state index in [0.29, 0.717) is 29.8 Å². The maximum Gasteiger partial charge on any atom is 0.257 e. The lowest BCUT2D eigenvalue weighted by Gasteiger charge is -2.42. The topological polar surface area (TPSA) is 114 Å². The van der Waals surface area contributed by atoms with Crippen LogP contribution in [0.4, 0.5) is 10.1 Å². The predicted molar refractivity (Wildman–Crippen MR) is 132 cm³/mol. The quantitative estimate of drug-likeness (QED) is 0.582. The molecule has 2 amide bonds. The summed E-state index contributed by atoms with van der Waals surface area (Å²) < 4.78 is 52.2. The largest absolute Gasteiger partial charge is 0.490 e. The average molecular weight is 520 g/mol. The lowest BCUT2D eigenvalue weighted by Crippen LogP contribution is -2.53. The monoisotopic (exact) mass is 519 g/mol. The third-order valence-electron chi connectivity index (χ3n) is 6.51. The fourth-order valence-corrected chi connectivity index (χ4v) is 5.09. The van der Waals surface area contributed by atoms with Gasteiger partial charge in [0.15, 0.2) is 0 Å². The maximum absolute atomic E-state index is 13.8. The molecule has 0 radical (unpaired) electrons. The molecule has 194 valence electrons. The van der Waals surface area contributed by atoms with Crippen molar-refractivity contribution in [1.82, 2.24) is 10.2 Å². The van der Waals surface area contributed by atoms with E-state index in [4.69, 9.17) is 9.47 Å². The van der Waals surface area contributed by atoms with Crippen LogP contribution < -0.4 is 14.8 Å². The standard InChI is InChI=1S/C25H30FN3O6S/c1-3-36(32,33)28-17-8-11-22-19(12-17)25(31)29(2)21-10-9-18(35-23(21)15-34-22)13-24(30)27-14-16-6-4-5-7-20(16)26/h4-8,11-12,18,21,23,28H,3,9-10,13-15H2,1-2H3,(H,27,30)/t18-,21-,23-/m0/s1. The fraction of sp³-hybridized carbons (Fsp3) is 0.440. The number of amides is 2. The summed E-state index contributed by atoms with van der Waals surface area (Å²) in [5, 5.41) is 2.73. The second-order valence-corrected chi connectivity index (χ2v) is 11.0. The summed E-state index contributed by atoms with van der Waals surface area (Å²) in [6.45, 7) is 1.79. The maximum atomic E-state index is 13.8. The summed E-state index contributed by atoms with van der Waals surface area (Å²) in [6.07, 6.45) is 0.494. The molecular formula is C25H30FN3O6S. The number of hydrogen-bond acceptors (Lipinski definition) is 6. The van der Waals surface area contributed by atoms with Gasteiger partial charge in [-0.15, -0.1) is 0 Å². The highest BCUT2D eigenvalue weighted by Gasteiger charge is 2.39. The Labute approximate surface area is 210 Å². The second kappa shape index (κ2) is 10.8. The van der Waals surface area contributed by atoms with Gasteiger partial charge < -0.3 is 19.7 Å². The van der Waals surface area contributed by atoms with Gasteiger partial charge in [-0.1, -0.05) is 18.2 Å². The van der Waals surface area contributed by atoms with E-state index in [-0.39, 0.29) is 60.7 Å². The highest BCUT2D eigenvalue weighted by molar-refractivity contribution is 7.92. The van der Waals surface area contributed by atoms with Gasteiger partial charge in [-0.3, -0.25) is 14.3 Å². The Morgan fingerprint density at radius 3 is 2.72 bits per heavy atom. The minimum absolute atomic E-state index is 0.0855. The lowest BCUT2D eigenvalue weighted by molar-refractivity contribution is -0.134. The van der Waals surface area contributed by atoms with E-state index in [2.05, 4.69) is 10.0 Å². The molecule has 0 aliphatic carbocycles. The smallest absolute Gasteiger partial charge is 0.257 e. The number of fused-ring (bicyclic) bond motifs is 2. The minimum atomic E-state index is -3.49. The number of rotatable bonds is 7. The van der Waals surface area contributed by atoms with Gasteiger partial charge in [-0.25, -0.2) is 12.8 Å². The summed E-state index contributed by atoms with van der Waals surface area (Å²) in [5.74, 6) is -0.674. The molecule has 2 heterocycles. The molecule has 1 saturated heterocycles. The van der Waals surface area contributed by atoms with Gasteiger partial charge >= 0.3 is 0 Å². The van der Waals surface area contributed by atoms with Crippen molar-refractivity contribution >= 4 is 27.5 Å². The van der Waals surface area contributed by atoms with Crippen molar-refractivity contribution in [3.8, 4) is 5.75 Å². The van der Waals surface area contributed by atoms with Crippen molar-refractivity contribution < 1.29 is 31.9 Å². The van der Waals surface area contributed by atoms with E-state index >= 15 is 0 Å². The van der Waals surface area contributed by atoms with Crippen LogP contribution in [-0.2, 0) is 26.1 Å².